The molecule has 0 saturated carbocycles. The first kappa shape index (κ1) is 17.3. The van der Waals surface area contributed by atoms with Gasteiger partial charge >= 0.3 is 0 Å². The van der Waals surface area contributed by atoms with E-state index in [0.29, 0.717) is 6.61 Å². The second-order valence-electron chi connectivity index (χ2n) is 5.88. The van der Waals surface area contributed by atoms with E-state index in [-0.39, 0.29) is 6.61 Å². The predicted molar refractivity (Wildman–Crippen MR) is 79.0 cm³/mol. The van der Waals surface area contributed by atoms with Crippen molar-refractivity contribution < 1.29 is 29.5 Å². The maximum absolute atomic E-state index is 10.1. The van der Waals surface area contributed by atoms with E-state index >= 15 is 0 Å². The molecule has 6 heteroatoms. The Labute approximate surface area is 130 Å². The third-order valence-electron chi connectivity index (χ3n) is 3.53. The zero-order chi connectivity index (χ0) is 16.2. The fourth-order valence-corrected chi connectivity index (χ4v) is 2.48. The first-order valence-electron chi connectivity index (χ1n) is 7.37. The first-order chi connectivity index (χ1) is 10.4. The lowest BCUT2D eigenvalue weighted by molar-refractivity contribution is -0.165. The summed E-state index contributed by atoms with van der Waals surface area (Å²) in [4.78, 5) is 0. The summed E-state index contributed by atoms with van der Waals surface area (Å²) < 4.78 is 17.0. The van der Waals surface area contributed by atoms with E-state index in [2.05, 4.69) is 0 Å². The minimum absolute atomic E-state index is 0.220. The summed E-state index contributed by atoms with van der Waals surface area (Å²) in [6, 6.07) is 9.71. The SMILES string of the molecule is CC1(C)O[C@@H]([C@@H](O)[C@@H](O)CO)[C@H](COCc2ccccc2)O1. The van der Waals surface area contributed by atoms with Gasteiger partial charge in [0.05, 0.1) is 19.8 Å². The molecule has 0 unspecified atom stereocenters. The first-order valence-corrected chi connectivity index (χ1v) is 7.37. The molecule has 0 amide bonds. The molecule has 1 heterocycles. The molecular weight excluding hydrogens is 288 g/mol. The van der Waals surface area contributed by atoms with Gasteiger partial charge in [0.25, 0.3) is 0 Å². The highest BCUT2D eigenvalue weighted by Crippen LogP contribution is 2.31. The quantitative estimate of drug-likeness (QED) is 0.677. The Hall–Kier alpha value is -1.02. The van der Waals surface area contributed by atoms with E-state index in [1.54, 1.807) is 13.8 Å². The number of benzene rings is 1. The lowest BCUT2D eigenvalue weighted by Gasteiger charge is -2.25. The average Bonchev–Trinajstić information content (AvgIpc) is 2.81. The molecule has 0 aromatic heterocycles. The summed E-state index contributed by atoms with van der Waals surface area (Å²) in [5.41, 5.74) is 1.04. The van der Waals surface area contributed by atoms with Crippen LogP contribution in [0.15, 0.2) is 30.3 Å². The zero-order valence-electron chi connectivity index (χ0n) is 12.9. The maximum atomic E-state index is 10.1. The van der Waals surface area contributed by atoms with Gasteiger partial charge in [-0.2, -0.15) is 0 Å². The van der Waals surface area contributed by atoms with Crippen molar-refractivity contribution in [1.82, 2.24) is 0 Å². The molecule has 22 heavy (non-hydrogen) atoms. The topological polar surface area (TPSA) is 88.4 Å². The van der Waals surface area contributed by atoms with Crippen LogP contribution in [0.5, 0.6) is 0 Å². The van der Waals surface area contributed by atoms with E-state index in [1.807, 2.05) is 30.3 Å². The van der Waals surface area contributed by atoms with Crippen molar-refractivity contribution in [2.75, 3.05) is 13.2 Å². The molecule has 1 aliphatic heterocycles. The Morgan fingerprint density at radius 2 is 1.86 bits per heavy atom. The van der Waals surface area contributed by atoms with Crippen molar-refractivity contribution in [2.24, 2.45) is 0 Å². The van der Waals surface area contributed by atoms with Crippen LogP contribution in [0.1, 0.15) is 19.4 Å². The molecule has 0 aliphatic carbocycles. The van der Waals surface area contributed by atoms with Crippen LogP contribution in [0.3, 0.4) is 0 Å². The van der Waals surface area contributed by atoms with E-state index in [0.717, 1.165) is 5.56 Å². The van der Waals surface area contributed by atoms with Crippen molar-refractivity contribution >= 4 is 0 Å². The number of rotatable bonds is 7. The van der Waals surface area contributed by atoms with Gasteiger partial charge in [-0.3, -0.25) is 0 Å². The number of hydrogen-bond acceptors (Lipinski definition) is 6. The Bertz CT molecular complexity index is 449. The summed E-state index contributed by atoms with van der Waals surface area (Å²) in [6.45, 7) is 3.56. The van der Waals surface area contributed by atoms with Crippen LogP contribution in [0.25, 0.3) is 0 Å². The summed E-state index contributed by atoms with van der Waals surface area (Å²) in [5.74, 6) is -0.873. The summed E-state index contributed by atoms with van der Waals surface area (Å²) >= 11 is 0. The molecule has 1 aromatic carbocycles. The van der Waals surface area contributed by atoms with E-state index in [9.17, 15) is 10.2 Å². The van der Waals surface area contributed by atoms with Gasteiger partial charge in [0.1, 0.15) is 24.4 Å². The van der Waals surface area contributed by atoms with E-state index in [4.69, 9.17) is 19.3 Å². The number of ether oxygens (including phenoxy) is 3. The van der Waals surface area contributed by atoms with E-state index < -0.39 is 36.8 Å². The van der Waals surface area contributed by atoms with Crippen LogP contribution in [0.4, 0.5) is 0 Å². The van der Waals surface area contributed by atoms with Gasteiger partial charge in [-0.05, 0) is 19.4 Å². The molecule has 3 N–H and O–H groups in total. The molecule has 124 valence electrons. The van der Waals surface area contributed by atoms with Gasteiger partial charge in [0.15, 0.2) is 5.79 Å². The van der Waals surface area contributed by atoms with Crippen LogP contribution < -0.4 is 0 Å². The maximum Gasteiger partial charge on any atom is 0.164 e. The Morgan fingerprint density at radius 1 is 1.18 bits per heavy atom. The van der Waals surface area contributed by atoms with Gasteiger partial charge in [-0.25, -0.2) is 0 Å². The van der Waals surface area contributed by atoms with Crippen molar-refractivity contribution in [3.63, 3.8) is 0 Å². The highest BCUT2D eigenvalue weighted by Gasteiger charge is 2.46. The lowest BCUT2D eigenvalue weighted by Crippen LogP contribution is -2.46. The molecule has 0 radical (unpaired) electrons. The summed E-state index contributed by atoms with van der Waals surface area (Å²) in [6.07, 6.45) is -3.79. The van der Waals surface area contributed by atoms with E-state index in [1.165, 1.54) is 0 Å². The van der Waals surface area contributed by atoms with Gasteiger partial charge in [0.2, 0.25) is 0 Å². The molecule has 1 aliphatic rings. The molecule has 0 bridgehead atoms. The Morgan fingerprint density at radius 3 is 2.50 bits per heavy atom. The third kappa shape index (κ3) is 4.49. The fraction of sp³-hybridized carbons (Fsp3) is 0.625. The minimum Gasteiger partial charge on any atom is -0.394 e. The molecule has 1 saturated heterocycles. The van der Waals surface area contributed by atoms with Gasteiger partial charge in [-0.1, -0.05) is 30.3 Å². The number of hydrogen-bond donors (Lipinski definition) is 3. The van der Waals surface area contributed by atoms with Crippen LogP contribution in [0, 0.1) is 0 Å². The second-order valence-corrected chi connectivity index (χ2v) is 5.88. The largest absolute Gasteiger partial charge is 0.394 e. The number of aliphatic hydroxyl groups is 3. The molecular formula is C16H24O6. The van der Waals surface area contributed by atoms with Crippen LogP contribution in [-0.4, -0.2) is 58.7 Å². The monoisotopic (exact) mass is 312 g/mol. The van der Waals surface area contributed by atoms with Crippen molar-refractivity contribution in [3.05, 3.63) is 35.9 Å². The van der Waals surface area contributed by atoms with Crippen LogP contribution >= 0.6 is 0 Å². The van der Waals surface area contributed by atoms with Crippen LogP contribution in [0.2, 0.25) is 0 Å². The van der Waals surface area contributed by atoms with Crippen LogP contribution in [-0.2, 0) is 20.8 Å². The highest BCUT2D eigenvalue weighted by atomic mass is 16.8. The molecule has 1 aromatic rings. The molecule has 0 spiro atoms. The summed E-state index contributed by atoms with van der Waals surface area (Å²) in [5, 5.41) is 28.6. The second kappa shape index (κ2) is 7.50. The Kier molecular flexibility index (Phi) is 5.91. The summed E-state index contributed by atoms with van der Waals surface area (Å²) in [7, 11) is 0. The fourth-order valence-electron chi connectivity index (χ4n) is 2.48. The van der Waals surface area contributed by atoms with Gasteiger partial charge in [0, 0.05) is 0 Å². The zero-order valence-corrected chi connectivity index (χ0v) is 12.9. The molecule has 4 atom stereocenters. The predicted octanol–water partition coefficient (Wildman–Crippen LogP) is 0.437. The smallest absolute Gasteiger partial charge is 0.164 e. The molecule has 2 rings (SSSR count). The third-order valence-corrected chi connectivity index (χ3v) is 3.53. The average molecular weight is 312 g/mol. The van der Waals surface area contributed by atoms with Crippen molar-refractivity contribution in [1.29, 1.82) is 0 Å². The number of aliphatic hydroxyl groups excluding tert-OH is 3. The standard InChI is InChI=1S/C16H24O6/c1-16(2)21-13(15(22-16)14(19)12(18)8-17)10-20-9-11-6-4-3-5-7-11/h3-7,12-15,17-19H,8-10H2,1-2H3/t12-,13-,14-,15+/m0/s1. The highest BCUT2D eigenvalue weighted by molar-refractivity contribution is 5.13. The molecule has 6 nitrogen and oxygen atoms in total. The minimum atomic E-state index is -1.28. The molecule has 1 fully saturated rings. The normalized spacial score (nSPS) is 26.8. The lowest BCUT2D eigenvalue weighted by atomic mass is 10.0. The Balaban J connectivity index is 1.92. The van der Waals surface area contributed by atoms with Crippen molar-refractivity contribution in [2.45, 2.75) is 50.7 Å². The van der Waals surface area contributed by atoms with Gasteiger partial charge in [-0.15, -0.1) is 0 Å². The van der Waals surface area contributed by atoms with Gasteiger partial charge < -0.3 is 29.5 Å². The van der Waals surface area contributed by atoms with Crippen molar-refractivity contribution in [3.8, 4) is 0 Å².